The molecule has 0 fully saturated rings. The topological polar surface area (TPSA) is 183 Å². The van der Waals surface area contributed by atoms with Crippen LogP contribution in [0.5, 0.6) is 0 Å². The Morgan fingerprint density at radius 2 is 1.42 bits per heavy atom. The van der Waals surface area contributed by atoms with E-state index in [2.05, 4.69) is 46.1 Å². The van der Waals surface area contributed by atoms with Gasteiger partial charge < -0.3 is 34.2 Å². The normalized spacial score (nSPS) is 14.2. The average molecular weight is 1130 g/mol. The van der Waals surface area contributed by atoms with Crippen LogP contribution in [0.2, 0.25) is 18.1 Å². The summed E-state index contributed by atoms with van der Waals surface area (Å²) in [4.78, 5) is 55.3. The third-order valence-corrected chi connectivity index (χ3v) is 20.6. The van der Waals surface area contributed by atoms with Gasteiger partial charge in [0.05, 0.1) is 23.5 Å². The fourth-order valence-electron chi connectivity index (χ4n) is 8.50. The van der Waals surface area contributed by atoms with Crippen LogP contribution in [-0.2, 0) is 36.5 Å². The van der Waals surface area contributed by atoms with Crippen LogP contribution in [0.4, 0.5) is 22.8 Å². The standard InChI is InChI=1S/C59H70F3N3O10S2Si/c1-7-8-9-10-11-12-23-44(31-30-42-21-18-22-43(63-42)35-52(75-78(5,6)58(2,3)4)40-19-17-20-41(34-40)53(66)67)74-55(59(60,61)62)65-57(71)72-36-39-28-32-45(33-29-39)77-76-38-51(54(68)69)64-56(70)73-37-50-48-26-15-13-24-46(48)47-25-14-16-27-49(47)50/h13-22,24-34,44,50-52,55H,7-12,23,35-38H2,1-6H3,(H,64,70)(H,65,71)(H,66,67)(H,68,69)/b31-30+. The molecular weight excluding hydrogens is 1060 g/mol. The first kappa shape index (κ1) is 61.1. The van der Waals surface area contributed by atoms with Crippen molar-refractivity contribution in [3.8, 4) is 11.1 Å². The van der Waals surface area contributed by atoms with Gasteiger partial charge in [0.2, 0.25) is 6.23 Å². The van der Waals surface area contributed by atoms with Crippen molar-refractivity contribution in [1.82, 2.24) is 15.6 Å². The first-order valence-corrected chi connectivity index (χ1v) is 31.4. The van der Waals surface area contributed by atoms with Gasteiger partial charge in [-0.15, -0.1) is 0 Å². The molecule has 1 aromatic heterocycles. The molecular formula is C59H70F3N3O10S2Si. The van der Waals surface area contributed by atoms with E-state index in [0.29, 0.717) is 40.3 Å². The highest BCUT2D eigenvalue weighted by atomic mass is 33.1. The first-order chi connectivity index (χ1) is 37.1. The largest absolute Gasteiger partial charge is 0.480 e. The lowest BCUT2D eigenvalue weighted by molar-refractivity contribution is -0.236. The molecule has 0 aliphatic heterocycles. The Bertz CT molecular complexity index is 2780. The lowest BCUT2D eigenvalue weighted by Gasteiger charge is -2.39. The van der Waals surface area contributed by atoms with Crippen LogP contribution >= 0.6 is 21.6 Å². The molecule has 4 N–H and O–H groups in total. The smallest absolute Gasteiger partial charge is 0.433 e. The van der Waals surface area contributed by atoms with E-state index in [4.69, 9.17) is 23.6 Å². The van der Waals surface area contributed by atoms with E-state index in [-0.39, 0.29) is 41.9 Å². The maximum absolute atomic E-state index is 14.6. The zero-order chi connectivity index (χ0) is 56.5. The second-order valence-electron chi connectivity index (χ2n) is 20.7. The minimum atomic E-state index is -5.00. The Hall–Kier alpha value is -6.12. The number of aromatic nitrogens is 1. The highest BCUT2D eigenvalue weighted by molar-refractivity contribution is 8.76. The summed E-state index contributed by atoms with van der Waals surface area (Å²) in [5.74, 6) is -2.48. The summed E-state index contributed by atoms with van der Waals surface area (Å²) in [6, 6.07) is 33.1. The van der Waals surface area contributed by atoms with Crippen LogP contribution in [0.1, 0.15) is 129 Å². The van der Waals surface area contributed by atoms with Gasteiger partial charge in [0.1, 0.15) is 19.3 Å². The predicted octanol–water partition coefficient (Wildman–Crippen LogP) is 14.8. The molecule has 1 heterocycles. The SMILES string of the molecule is CCCCCCCCC(/C=C/c1cccc(CC(O[Si](C)(C)C(C)(C)C)c2cccc(C(=O)O)c2)n1)OC(NC(=O)OCc1ccc(SSCC(NC(=O)OCC2c3ccccc3-c3ccccc32)C(=O)O)cc1)C(F)(F)F. The number of carboxylic acids is 2. The number of carboxylic acid groups (broad SMARTS) is 2. The lowest BCUT2D eigenvalue weighted by atomic mass is 9.98. The number of carbonyl (C=O) groups is 4. The highest BCUT2D eigenvalue weighted by Crippen LogP contribution is 2.45. The Morgan fingerprint density at radius 1 is 0.782 bits per heavy atom. The van der Waals surface area contributed by atoms with Crippen LogP contribution in [0.3, 0.4) is 0 Å². The number of pyridine rings is 1. The predicted molar refractivity (Wildman–Crippen MR) is 302 cm³/mol. The van der Waals surface area contributed by atoms with E-state index in [1.165, 1.54) is 33.7 Å². The van der Waals surface area contributed by atoms with Crippen molar-refractivity contribution in [3.63, 3.8) is 0 Å². The van der Waals surface area contributed by atoms with Crippen LogP contribution < -0.4 is 10.6 Å². The lowest BCUT2D eigenvalue weighted by Crippen LogP contribution is -2.49. The van der Waals surface area contributed by atoms with E-state index < -0.39 is 63.1 Å². The molecule has 6 rings (SSSR count). The number of fused-ring (bicyclic) bond motifs is 3. The molecule has 4 unspecified atom stereocenters. The van der Waals surface area contributed by atoms with Gasteiger partial charge in [-0.1, -0.05) is 173 Å². The van der Waals surface area contributed by atoms with E-state index in [1.807, 2.05) is 66.0 Å². The Kier molecular flexibility index (Phi) is 22.5. The number of amides is 2. The number of alkyl carbamates (subject to hydrolysis) is 2. The van der Waals surface area contributed by atoms with Crippen molar-refractivity contribution in [1.29, 1.82) is 0 Å². The number of unbranched alkanes of at least 4 members (excludes halogenated alkanes) is 5. The van der Waals surface area contributed by atoms with Crippen molar-refractivity contribution in [2.75, 3.05) is 12.4 Å². The molecule has 0 radical (unpaired) electrons. The van der Waals surface area contributed by atoms with Crippen molar-refractivity contribution in [2.24, 2.45) is 0 Å². The molecule has 4 atom stereocenters. The highest BCUT2D eigenvalue weighted by Gasteiger charge is 2.44. The molecule has 78 heavy (non-hydrogen) atoms. The fourth-order valence-corrected chi connectivity index (χ4v) is 12.0. The molecule has 0 bridgehead atoms. The van der Waals surface area contributed by atoms with Crippen molar-refractivity contribution >= 4 is 60.1 Å². The number of aliphatic carboxylic acids is 1. The summed E-state index contributed by atoms with van der Waals surface area (Å²) in [6.07, 6.45) is -2.43. The van der Waals surface area contributed by atoms with Gasteiger partial charge in [-0.05, 0) is 100 Å². The number of hydrogen-bond donors (Lipinski definition) is 4. The van der Waals surface area contributed by atoms with Gasteiger partial charge in [0, 0.05) is 28.7 Å². The molecule has 418 valence electrons. The number of hydrogen-bond acceptors (Lipinski definition) is 11. The van der Waals surface area contributed by atoms with Gasteiger partial charge >= 0.3 is 30.3 Å². The van der Waals surface area contributed by atoms with Gasteiger partial charge in [-0.25, -0.2) is 19.2 Å². The molecule has 4 aromatic carbocycles. The summed E-state index contributed by atoms with van der Waals surface area (Å²) in [5.41, 5.74) is 6.58. The number of nitrogens with zero attached hydrogens (tertiary/aromatic N) is 1. The molecule has 2 amide bonds. The van der Waals surface area contributed by atoms with E-state index in [1.54, 1.807) is 54.6 Å². The van der Waals surface area contributed by atoms with E-state index >= 15 is 0 Å². The third kappa shape index (κ3) is 18.2. The first-order valence-electron chi connectivity index (χ1n) is 26.1. The number of ether oxygens (including phenoxy) is 3. The van der Waals surface area contributed by atoms with Gasteiger partial charge in [0.15, 0.2) is 8.32 Å². The van der Waals surface area contributed by atoms with E-state index in [9.17, 15) is 42.6 Å². The van der Waals surface area contributed by atoms with Crippen molar-refractivity contribution < 1.29 is 61.2 Å². The summed E-state index contributed by atoms with van der Waals surface area (Å²) < 4.78 is 67.1. The minimum absolute atomic E-state index is 0.0000322. The number of carbonyl (C=O) groups excluding carboxylic acids is 2. The molecule has 0 spiro atoms. The number of nitrogens with one attached hydrogen (secondary N) is 2. The molecule has 0 saturated carbocycles. The average Bonchev–Trinajstić information content (AvgIpc) is 3.73. The molecule has 1 aliphatic carbocycles. The van der Waals surface area contributed by atoms with Crippen molar-refractivity contribution in [3.05, 3.63) is 161 Å². The summed E-state index contributed by atoms with van der Waals surface area (Å²) in [7, 11) is 0.0577. The fraction of sp³-hybridized carbons (Fsp3) is 0.407. The Morgan fingerprint density at radius 3 is 2.06 bits per heavy atom. The van der Waals surface area contributed by atoms with Crippen LogP contribution in [0.25, 0.3) is 17.2 Å². The monoisotopic (exact) mass is 1130 g/mol. The number of benzene rings is 4. The molecule has 5 aromatic rings. The Labute approximate surface area is 464 Å². The maximum atomic E-state index is 14.6. The summed E-state index contributed by atoms with van der Waals surface area (Å²) in [6.45, 7) is 12.4. The zero-order valence-electron chi connectivity index (χ0n) is 44.8. The molecule has 1 aliphatic rings. The quantitative estimate of drug-likeness (QED) is 0.0161. The summed E-state index contributed by atoms with van der Waals surface area (Å²) >= 11 is 0. The van der Waals surface area contributed by atoms with E-state index in [0.717, 1.165) is 54.4 Å². The van der Waals surface area contributed by atoms with Crippen LogP contribution in [0.15, 0.2) is 126 Å². The Balaban J connectivity index is 1.02. The maximum Gasteiger partial charge on any atom is 0.433 e. The summed E-state index contributed by atoms with van der Waals surface area (Å²) in [5, 5.41) is 23.8. The van der Waals surface area contributed by atoms with Gasteiger partial charge in [0.25, 0.3) is 0 Å². The second-order valence-corrected chi connectivity index (χ2v) is 27.8. The number of aromatic carboxylic acids is 1. The molecule has 0 saturated heterocycles. The minimum Gasteiger partial charge on any atom is -0.480 e. The van der Waals surface area contributed by atoms with Crippen LogP contribution in [-0.4, -0.2) is 84.5 Å². The van der Waals surface area contributed by atoms with Crippen LogP contribution in [0, 0.1) is 0 Å². The van der Waals surface area contributed by atoms with Gasteiger partial charge in [-0.2, -0.15) is 13.2 Å². The third-order valence-electron chi connectivity index (χ3n) is 13.8. The number of rotatable bonds is 28. The number of halogens is 3. The number of alkyl halides is 3. The molecule has 19 heteroatoms. The van der Waals surface area contributed by atoms with Gasteiger partial charge in [-0.3, -0.25) is 10.3 Å². The zero-order valence-corrected chi connectivity index (χ0v) is 47.5. The van der Waals surface area contributed by atoms with Crippen molar-refractivity contribution in [2.45, 2.75) is 145 Å². The molecule has 13 nitrogen and oxygen atoms in total. The second kappa shape index (κ2) is 28.7.